The Bertz CT molecular complexity index is 301. The van der Waals surface area contributed by atoms with Crippen LogP contribution >= 0.6 is 0 Å². The fraction of sp³-hybridized carbons (Fsp3) is 0.833. The van der Waals surface area contributed by atoms with E-state index >= 15 is 0 Å². The lowest BCUT2D eigenvalue weighted by atomic mass is 10.2. The van der Waals surface area contributed by atoms with Crippen molar-refractivity contribution in [3.05, 3.63) is 0 Å². The lowest BCUT2D eigenvalue weighted by molar-refractivity contribution is -0.0544. The molecule has 2 atom stereocenters. The van der Waals surface area contributed by atoms with Gasteiger partial charge in [0, 0.05) is 26.2 Å². The van der Waals surface area contributed by atoms with Crippen LogP contribution in [0.3, 0.4) is 0 Å². The molecule has 0 aromatic rings. The molecule has 7 heteroatoms. The Morgan fingerprint density at radius 3 is 2.37 bits per heavy atom. The Labute approximate surface area is 113 Å². The summed E-state index contributed by atoms with van der Waals surface area (Å²) in [6.45, 7) is 7.85. The van der Waals surface area contributed by atoms with E-state index in [9.17, 15) is 9.59 Å². The third-order valence-electron chi connectivity index (χ3n) is 2.65. The van der Waals surface area contributed by atoms with Gasteiger partial charge in [0.1, 0.15) is 0 Å². The van der Waals surface area contributed by atoms with Gasteiger partial charge in [-0.05, 0) is 20.8 Å². The molecule has 110 valence electrons. The molecule has 3 amide bonds. The van der Waals surface area contributed by atoms with Crippen molar-refractivity contribution >= 4 is 12.1 Å². The Balaban J connectivity index is 2.18. The topological polar surface area (TPSA) is 79.9 Å². The van der Waals surface area contributed by atoms with E-state index in [1.807, 2.05) is 13.8 Å². The van der Waals surface area contributed by atoms with Gasteiger partial charge in [0.25, 0.3) is 0 Å². The first-order chi connectivity index (χ1) is 9.02. The Hall–Kier alpha value is -1.50. The van der Waals surface area contributed by atoms with Gasteiger partial charge in [-0.25, -0.2) is 9.59 Å². The van der Waals surface area contributed by atoms with Crippen LogP contribution in [0, 0.1) is 0 Å². The van der Waals surface area contributed by atoms with Crippen molar-refractivity contribution in [2.75, 3.05) is 32.8 Å². The summed E-state index contributed by atoms with van der Waals surface area (Å²) < 4.78 is 10.3. The minimum absolute atomic E-state index is 0.0483. The highest BCUT2D eigenvalue weighted by Crippen LogP contribution is 2.10. The number of amides is 3. The average molecular weight is 273 g/mol. The highest BCUT2D eigenvalue weighted by Gasteiger charge is 2.25. The lowest BCUT2D eigenvalue weighted by Gasteiger charge is -2.35. The van der Waals surface area contributed by atoms with E-state index in [2.05, 4.69) is 10.6 Å². The van der Waals surface area contributed by atoms with Crippen LogP contribution in [0.15, 0.2) is 0 Å². The van der Waals surface area contributed by atoms with E-state index in [0.717, 1.165) is 0 Å². The zero-order valence-electron chi connectivity index (χ0n) is 11.8. The Morgan fingerprint density at radius 2 is 1.79 bits per heavy atom. The van der Waals surface area contributed by atoms with Crippen molar-refractivity contribution in [1.29, 1.82) is 0 Å². The molecule has 1 heterocycles. The summed E-state index contributed by atoms with van der Waals surface area (Å²) in [5.74, 6) is 0. The molecule has 0 aromatic carbocycles. The van der Waals surface area contributed by atoms with E-state index in [-0.39, 0.29) is 18.2 Å². The van der Waals surface area contributed by atoms with Gasteiger partial charge < -0.3 is 25.0 Å². The van der Waals surface area contributed by atoms with Crippen molar-refractivity contribution in [3.8, 4) is 0 Å². The number of nitrogens with zero attached hydrogens (tertiary/aromatic N) is 1. The molecular formula is C12H23N3O4. The molecule has 19 heavy (non-hydrogen) atoms. The van der Waals surface area contributed by atoms with Gasteiger partial charge in [-0.1, -0.05) is 0 Å². The summed E-state index contributed by atoms with van der Waals surface area (Å²) in [5, 5.41) is 5.29. The Morgan fingerprint density at radius 1 is 1.21 bits per heavy atom. The molecule has 0 bridgehead atoms. The second-order valence-corrected chi connectivity index (χ2v) is 4.54. The molecule has 0 radical (unpaired) electrons. The van der Waals surface area contributed by atoms with Gasteiger partial charge in [0.15, 0.2) is 0 Å². The molecule has 2 unspecified atom stereocenters. The molecule has 0 spiro atoms. The van der Waals surface area contributed by atoms with Crippen LogP contribution in [0.1, 0.15) is 20.8 Å². The maximum Gasteiger partial charge on any atom is 0.407 e. The van der Waals surface area contributed by atoms with Gasteiger partial charge in [-0.15, -0.1) is 0 Å². The molecule has 0 aromatic heterocycles. The summed E-state index contributed by atoms with van der Waals surface area (Å²) in [7, 11) is 0. The molecule has 1 aliphatic rings. The zero-order chi connectivity index (χ0) is 14.3. The summed E-state index contributed by atoms with van der Waals surface area (Å²) in [5.41, 5.74) is 0. The minimum Gasteiger partial charge on any atom is -0.450 e. The highest BCUT2D eigenvalue weighted by molar-refractivity contribution is 5.74. The van der Waals surface area contributed by atoms with Crippen LogP contribution in [-0.4, -0.2) is 62.0 Å². The van der Waals surface area contributed by atoms with E-state index in [4.69, 9.17) is 9.47 Å². The van der Waals surface area contributed by atoms with Crippen LogP contribution in [0.25, 0.3) is 0 Å². The van der Waals surface area contributed by atoms with Crippen LogP contribution in [0.2, 0.25) is 0 Å². The average Bonchev–Trinajstić information content (AvgIpc) is 2.33. The van der Waals surface area contributed by atoms with E-state index in [0.29, 0.717) is 32.8 Å². The maximum absolute atomic E-state index is 11.9. The standard InChI is InChI=1S/C12H23N3O4/c1-4-18-12(17)14-6-5-13-11(16)15-7-9(2)19-10(3)8-15/h9-10H,4-8H2,1-3H3,(H,13,16)(H,14,17). The number of morpholine rings is 1. The number of hydrogen-bond donors (Lipinski definition) is 2. The van der Waals surface area contributed by atoms with E-state index in [1.165, 1.54) is 0 Å². The van der Waals surface area contributed by atoms with Gasteiger partial charge in [0.05, 0.1) is 18.8 Å². The fourth-order valence-corrected chi connectivity index (χ4v) is 1.97. The third-order valence-corrected chi connectivity index (χ3v) is 2.65. The second kappa shape index (κ2) is 7.83. The van der Waals surface area contributed by atoms with Crippen LogP contribution in [-0.2, 0) is 9.47 Å². The summed E-state index contributed by atoms with van der Waals surface area (Å²) in [6, 6.07) is -0.132. The monoisotopic (exact) mass is 273 g/mol. The molecular weight excluding hydrogens is 250 g/mol. The van der Waals surface area contributed by atoms with Crippen LogP contribution in [0.4, 0.5) is 9.59 Å². The van der Waals surface area contributed by atoms with Crippen molar-refractivity contribution in [3.63, 3.8) is 0 Å². The SMILES string of the molecule is CCOC(=O)NCCNC(=O)N1CC(C)OC(C)C1. The predicted molar refractivity (Wildman–Crippen MR) is 70.0 cm³/mol. The number of carbonyl (C=O) groups is 2. The lowest BCUT2D eigenvalue weighted by Crippen LogP contribution is -2.52. The molecule has 1 fully saturated rings. The van der Waals surface area contributed by atoms with Crippen molar-refractivity contribution in [2.24, 2.45) is 0 Å². The molecule has 7 nitrogen and oxygen atoms in total. The van der Waals surface area contributed by atoms with Gasteiger partial charge >= 0.3 is 12.1 Å². The number of urea groups is 1. The first-order valence-corrected chi connectivity index (χ1v) is 6.61. The molecule has 0 aliphatic carbocycles. The number of rotatable bonds is 4. The van der Waals surface area contributed by atoms with Gasteiger partial charge in [-0.3, -0.25) is 0 Å². The third kappa shape index (κ3) is 5.78. The number of alkyl carbamates (subject to hydrolysis) is 1. The first kappa shape index (κ1) is 15.6. The van der Waals surface area contributed by atoms with Crippen LogP contribution in [0.5, 0.6) is 0 Å². The minimum atomic E-state index is -0.467. The first-order valence-electron chi connectivity index (χ1n) is 6.61. The Kier molecular flexibility index (Phi) is 6.41. The number of hydrogen-bond acceptors (Lipinski definition) is 4. The maximum atomic E-state index is 11.9. The molecule has 1 rings (SSSR count). The summed E-state index contributed by atoms with van der Waals surface area (Å²) in [6.07, 6.45) is -0.371. The van der Waals surface area contributed by atoms with E-state index < -0.39 is 6.09 Å². The van der Waals surface area contributed by atoms with Crippen molar-refractivity contribution in [2.45, 2.75) is 33.0 Å². The number of nitrogens with one attached hydrogen (secondary N) is 2. The van der Waals surface area contributed by atoms with Gasteiger partial charge in [0.2, 0.25) is 0 Å². The van der Waals surface area contributed by atoms with Crippen molar-refractivity contribution in [1.82, 2.24) is 15.5 Å². The molecule has 1 aliphatic heterocycles. The normalized spacial score (nSPS) is 22.8. The molecule has 1 saturated heterocycles. The van der Waals surface area contributed by atoms with Crippen LogP contribution < -0.4 is 10.6 Å². The summed E-state index contributed by atoms with van der Waals surface area (Å²) in [4.78, 5) is 24.6. The largest absolute Gasteiger partial charge is 0.450 e. The van der Waals surface area contributed by atoms with E-state index in [1.54, 1.807) is 11.8 Å². The number of ether oxygens (including phenoxy) is 2. The second-order valence-electron chi connectivity index (χ2n) is 4.54. The highest BCUT2D eigenvalue weighted by atomic mass is 16.5. The van der Waals surface area contributed by atoms with Crippen molar-refractivity contribution < 1.29 is 19.1 Å². The predicted octanol–water partition coefficient (Wildman–Crippen LogP) is 0.551. The fourth-order valence-electron chi connectivity index (χ4n) is 1.97. The zero-order valence-corrected chi connectivity index (χ0v) is 11.8. The smallest absolute Gasteiger partial charge is 0.407 e. The van der Waals surface area contributed by atoms with Gasteiger partial charge in [-0.2, -0.15) is 0 Å². The molecule has 0 saturated carbocycles. The summed E-state index contributed by atoms with van der Waals surface area (Å²) >= 11 is 0. The molecule has 2 N–H and O–H groups in total. The quantitative estimate of drug-likeness (QED) is 0.733. The number of carbonyl (C=O) groups excluding carboxylic acids is 2.